The number of carbonyl (C=O) groups is 1. The van der Waals surface area contributed by atoms with E-state index >= 15 is 0 Å². The molecule has 1 fully saturated rings. The van der Waals surface area contributed by atoms with Gasteiger partial charge >= 0.3 is 0 Å². The summed E-state index contributed by atoms with van der Waals surface area (Å²) in [6.45, 7) is 2.59. The standard InChI is InChI=1S/C8H16N2O3S/c1-7(11)10-5-3-8(4-6-10)14(12,13)9-2/h8-9H,3-6H2,1-2H3. The second kappa shape index (κ2) is 4.27. The molecule has 0 aromatic rings. The van der Waals surface area contributed by atoms with Gasteiger partial charge < -0.3 is 4.90 Å². The van der Waals surface area contributed by atoms with Crippen LogP contribution in [-0.4, -0.2) is 44.6 Å². The molecule has 1 saturated heterocycles. The van der Waals surface area contributed by atoms with E-state index in [-0.39, 0.29) is 11.2 Å². The van der Waals surface area contributed by atoms with E-state index in [1.807, 2.05) is 0 Å². The summed E-state index contributed by atoms with van der Waals surface area (Å²) in [5, 5.41) is -0.344. The van der Waals surface area contributed by atoms with Gasteiger partial charge in [-0.15, -0.1) is 0 Å². The zero-order valence-electron chi connectivity index (χ0n) is 8.49. The van der Waals surface area contributed by atoms with Gasteiger partial charge in [-0.2, -0.15) is 0 Å². The van der Waals surface area contributed by atoms with Gasteiger partial charge in [0.05, 0.1) is 5.25 Å². The van der Waals surface area contributed by atoms with Crippen molar-refractivity contribution in [2.75, 3.05) is 20.1 Å². The summed E-state index contributed by atoms with van der Waals surface area (Å²) < 4.78 is 25.2. The number of amides is 1. The number of hydrogen-bond donors (Lipinski definition) is 1. The molecule has 0 aromatic carbocycles. The number of nitrogens with zero attached hydrogens (tertiary/aromatic N) is 1. The van der Waals surface area contributed by atoms with Crippen LogP contribution in [0.4, 0.5) is 0 Å². The highest BCUT2D eigenvalue weighted by atomic mass is 32.2. The van der Waals surface area contributed by atoms with Crippen LogP contribution in [0, 0.1) is 0 Å². The third-order valence-corrected chi connectivity index (χ3v) is 4.53. The first-order valence-corrected chi connectivity index (χ1v) is 6.20. The fourth-order valence-corrected chi connectivity index (χ4v) is 2.81. The van der Waals surface area contributed by atoms with Gasteiger partial charge in [-0.1, -0.05) is 0 Å². The maximum atomic E-state index is 11.4. The van der Waals surface area contributed by atoms with E-state index in [0.717, 1.165) is 0 Å². The number of hydrogen-bond acceptors (Lipinski definition) is 3. The van der Waals surface area contributed by atoms with Crippen LogP contribution in [0.1, 0.15) is 19.8 Å². The predicted octanol–water partition coefficient (Wildman–Crippen LogP) is -0.454. The highest BCUT2D eigenvalue weighted by molar-refractivity contribution is 7.90. The van der Waals surface area contributed by atoms with E-state index in [9.17, 15) is 13.2 Å². The van der Waals surface area contributed by atoms with Gasteiger partial charge in [0, 0.05) is 20.0 Å². The lowest BCUT2D eigenvalue weighted by Crippen LogP contribution is -2.44. The van der Waals surface area contributed by atoms with Crippen LogP contribution in [-0.2, 0) is 14.8 Å². The maximum absolute atomic E-state index is 11.4. The number of carbonyl (C=O) groups excluding carboxylic acids is 1. The first-order chi connectivity index (χ1) is 6.47. The summed E-state index contributed by atoms with van der Waals surface area (Å²) in [5.74, 6) is 0.0188. The molecule has 1 amide bonds. The average molecular weight is 220 g/mol. The molecular weight excluding hydrogens is 204 g/mol. The van der Waals surface area contributed by atoms with Gasteiger partial charge in [0.25, 0.3) is 0 Å². The highest BCUT2D eigenvalue weighted by Crippen LogP contribution is 2.16. The van der Waals surface area contributed by atoms with Crippen LogP contribution >= 0.6 is 0 Å². The molecule has 5 nitrogen and oxygen atoms in total. The SMILES string of the molecule is CNS(=O)(=O)C1CCN(C(C)=O)CC1. The predicted molar refractivity (Wildman–Crippen MR) is 53.3 cm³/mol. The number of rotatable bonds is 2. The number of nitrogens with one attached hydrogen (secondary N) is 1. The van der Waals surface area contributed by atoms with Gasteiger partial charge in [0.2, 0.25) is 15.9 Å². The summed E-state index contributed by atoms with van der Waals surface area (Å²) >= 11 is 0. The van der Waals surface area contributed by atoms with Crippen LogP contribution < -0.4 is 4.72 Å². The Morgan fingerprint density at radius 2 is 1.86 bits per heavy atom. The lowest BCUT2D eigenvalue weighted by molar-refractivity contribution is -0.129. The Hall–Kier alpha value is -0.620. The molecule has 14 heavy (non-hydrogen) atoms. The average Bonchev–Trinajstić information content (AvgIpc) is 2.18. The van der Waals surface area contributed by atoms with Gasteiger partial charge in [-0.05, 0) is 19.9 Å². The Morgan fingerprint density at radius 3 is 2.21 bits per heavy atom. The summed E-state index contributed by atoms with van der Waals surface area (Å²) in [5.41, 5.74) is 0. The Bertz CT molecular complexity index is 305. The van der Waals surface area contributed by atoms with Crippen molar-refractivity contribution in [3.05, 3.63) is 0 Å². The Morgan fingerprint density at radius 1 is 1.36 bits per heavy atom. The second-order valence-electron chi connectivity index (χ2n) is 3.45. The monoisotopic (exact) mass is 220 g/mol. The summed E-state index contributed by atoms with van der Waals surface area (Å²) in [7, 11) is -1.74. The van der Waals surface area contributed by atoms with Crippen molar-refractivity contribution in [3.63, 3.8) is 0 Å². The fourth-order valence-electron chi connectivity index (χ4n) is 1.65. The summed E-state index contributed by atoms with van der Waals surface area (Å²) in [6.07, 6.45) is 1.06. The minimum Gasteiger partial charge on any atom is -0.343 e. The number of likely N-dealkylation sites (tertiary alicyclic amines) is 1. The molecule has 1 N–H and O–H groups in total. The van der Waals surface area contributed by atoms with Crippen molar-refractivity contribution in [2.45, 2.75) is 25.0 Å². The van der Waals surface area contributed by atoms with Gasteiger partial charge in [-0.25, -0.2) is 13.1 Å². The second-order valence-corrected chi connectivity index (χ2v) is 5.62. The third-order valence-electron chi connectivity index (χ3n) is 2.61. The molecule has 0 bridgehead atoms. The van der Waals surface area contributed by atoms with E-state index in [2.05, 4.69) is 4.72 Å². The van der Waals surface area contributed by atoms with Crippen molar-refractivity contribution in [1.82, 2.24) is 9.62 Å². The topological polar surface area (TPSA) is 66.5 Å². The normalized spacial score (nSPS) is 19.7. The van der Waals surface area contributed by atoms with E-state index in [0.29, 0.717) is 25.9 Å². The molecule has 0 atom stereocenters. The fraction of sp³-hybridized carbons (Fsp3) is 0.875. The lowest BCUT2D eigenvalue weighted by Gasteiger charge is -2.30. The molecule has 1 rings (SSSR count). The van der Waals surface area contributed by atoms with Gasteiger partial charge in [0.1, 0.15) is 0 Å². The molecule has 0 radical (unpaired) electrons. The Balaban J connectivity index is 2.56. The van der Waals surface area contributed by atoms with Crippen molar-refractivity contribution in [2.24, 2.45) is 0 Å². The van der Waals surface area contributed by atoms with E-state index in [4.69, 9.17) is 0 Å². The minimum absolute atomic E-state index is 0.0188. The zero-order valence-corrected chi connectivity index (χ0v) is 9.30. The van der Waals surface area contributed by atoms with Crippen molar-refractivity contribution in [3.8, 4) is 0 Å². The number of sulfonamides is 1. The Labute approximate surface area is 84.5 Å². The van der Waals surface area contributed by atoms with E-state index < -0.39 is 10.0 Å². The first kappa shape index (κ1) is 11.5. The molecule has 0 unspecified atom stereocenters. The summed E-state index contributed by atoms with van der Waals surface area (Å²) in [6, 6.07) is 0. The molecular formula is C8H16N2O3S. The number of piperidine rings is 1. The molecule has 82 valence electrons. The molecule has 1 heterocycles. The maximum Gasteiger partial charge on any atom is 0.219 e. The summed E-state index contributed by atoms with van der Waals surface area (Å²) in [4.78, 5) is 12.7. The third kappa shape index (κ3) is 2.45. The van der Waals surface area contributed by atoms with Crippen LogP contribution in [0.3, 0.4) is 0 Å². The van der Waals surface area contributed by atoms with Gasteiger partial charge in [0.15, 0.2) is 0 Å². The largest absolute Gasteiger partial charge is 0.343 e. The lowest BCUT2D eigenvalue weighted by atomic mass is 10.1. The Kier molecular flexibility index (Phi) is 3.49. The molecule has 6 heteroatoms. The van der Waals surface area contributed by atoms with E-state index in [1.54, 1.807) is 4.90 Å². The van der Waals surface area contributed by atoms with Gasteiger partial charge in [-0.3, -0.25) is 4.79 Å². The molecule has 1 aliphatic rings. The quantitative estimate of drug-likeness (QED) is 0.685. The van der Waals surface area contributed by atoms with Crippen molar-refractivity contribution < 1.29 is 13.2 Å². The van der Waals surface area contributed by atoms with Crippen LogP contribution in [0.5, 0.6) is 0 Å². The van der Waals surface area contributed by atoms with Crippen molar-refractivity contribution >= 4 is 15.9 Å². The molecule has 0 spiro atoms. The minimum atomic E-state index is -3.16. The van der Waals surface area contributed by atoms with Crippen LogP contribution in [0.2, 0.25) is 0 Å². The van der Waals surface area contributed by atoms with Crippen LogP contribution in [0.15, 0.2) is 0 Å². The smallest absolute Gasteiger partial charge is 0.219 e. The molecule has 0 aromatic heterocycles. The zero-order chi connectivity index (χ0) is 10.8. The highest BCUT2D eigenvalue weighted by Gasteiger charge is 2.29. The van der Waals surface area contributed by atoms with Crippen molar-refractivity contribution in [1.29, 1.82) is 0 Å². The molecule has 0 saturated carbocycles. The first-order valence-electron chi connectivity index (χ1n) is 4.65. The van der Waals surface area contributed by atoms with E-state index in [1.165, 1.54) is 14.0 Å². The van der Waals surface area contributed by atoms with Crippen LogP contribution in [0.25, 0.3) is 0 Å². The molecule has 1 aliphatic heterocycles. The molecule has 0 aliphatic carbocycles.